The van der Waals surface area contributed by atoms with E-state index in [9.17, 15) is 4.79 Å². The van der Waals surface area contributed by atoms with E-state index in [0.29, 0.717) is 11.6 Å². The zero-order chi connectivity index (χ0) is 19.0. The summed E-state index contributed by atoms with van der Waals surface area (Å²) >= 11 is 1.56. The van der Waals surface area contributed by atoms with Crippen LogP contribution in [0.3, 0.4) is 0 Å². The third kappa shape index (κ3) is 3.10. The third-order valence-corrected chi connectivity index (χ3v) is 5.85. The van der Waals surface area contributed by atoms with Gasteiger partial charge in [0.25, 0.3) is 0 Å². The molecule has 2 aromatic carbocycles. The Morgan fingerprint density at radius 1 is 1.04 bits per heavy atom. The maximum Gasteiger partial charge on any atom is 0.195 e. The molecule has 0 N–H and O–H groups in total. The van der Waals surface area contributed by atoms with Crippen LogP contribution in [0.2, 0.25) is 0 Å². The number of benzene rings is 2. The Labute approximate surface area is 163 Å². The van der Waals surface area contributed by atoms with Gasteiger partial charge < -0.3 is 0 Å². The van der Waals surface area contributed by atoms with Crippen molar-refractivity contribution in [1.82, 2.24) is 9.38 Å². The number of fused-ring (bicyclic) bond motifs is 1. The smallest absolute Gasteiger partial charge is 0.195 e. The number of hydrogen-bond acceptors (Lipinski definition) is 3. The Morgan fingerprint density at radius 3 is 2.30 bits per heavy atom. The van der Waals surface area contributed by atoms with E-state index in [0.717, 1.165) is 40.2 Å². The summed E-state index contributed by atoms with van der Waals surface area (Å²) < 4.78 is 1.98. The van der Waals surface area contributed by atoms with Crippen molar-refractivity contribution in [2.75, 3.05) is 0 Å². The van der Waals surface area contributed by atoms with Gasteiger partial charge in [-0.2, -0.15) is 0 Å². The van der Waals surface area contributed by atoms with Crippen molar-refractivity contribution in [3.63, 3.8) is 0 Å². The SMILES string of the molecule is CCc1ccc(-c2csc3nc(-c4ccc(C(C)C)cc4)c(C=O)n23)cc1. The largest absolute Gasteiger partial charge is 0.296 e. The van der Waals surface area contributed by atoms with Crippen molar-refractivity contribution in [2.45, 2.75) is 33.1 Å². The first-order valence-electron chi connectivity index (χ1n) is 9.27. The average Bonchev–Trinajstić information content (AvgIpc) is 3.27. The molecule has 0 aliphatic carbocycles. The average molecular weight is 375 g/mol. The highest BCUT2D eigenvalue weighted by molar-refractivity contribution is 7.15. The fourth-order valence-corrected chi connectivity index (χ4v) is 4.24. The van der Waals surface area contributed by atoms with Gasteiger partial charge in [0.2, 0.25) is 0 Å². The number of aryl methyl sites for hydroxylation is 1. The van der Waals surface area contributed by atoms with Gasteiger partial charge in [0.05, 0.1) is 5.69 Å². The predicted octanol–water partition coefficient (Wildman–Crippen LogP) is 6.23. The Morgan fingerprint density at radius 2 is 1.70 bits per heavy atom. The molecule has 3 nitrogen and oxygen atoms in total. The highest BCUT2D eigenvalue weighted by atomic mass is 32.1. The molecule has 4 aromatic rings. The summed E-state index contributed by atoms with van der Waals surface area (Å²) in [5.74, 6) is 0.479. The minimum atomic E-state index is 0.479. The molecule has 0 bridgehead atoms. The first-order chi connectivity index (χ1) is 13.1. The Kier molecular flexibility index (Phi) is 4.66. The summed E-state index contributed by atoms with van der Waals surface area (Å²) in [6.45, 7) is 6.50. The fraction of sp³-hybridized carbons (Fsp3) is 0.217. The summed E-state index contributed by atoms with van der Waals surface area (Å²) in [7, 11) is 0. The molecular formula is C23H22N2OS. The lowest BCUT2D eigenvalue weighted by Gasteiger charge is -2.06. The molecule has 0 radical (unpaired) electrons. The van der Waals surface area contributed by atoms with Crippen LogP contribution in [0.1, 0.15) is 48.3 Å². The van der Waals surface area contributed by atoms with Crippen molar-refractivity contribution >= 4 is 22.6 Å². The molecule has 0 fully saturated rings. The number of carbonyl (C=O) groups is 1. The van der Waals surface area contributed by atoms with Crippen LogP contribution in [0, 0.1) is 0 Å². The molecule has 0 atom stereocenters. The molecule has 0 aliphatic heterocycles. The summed E-state index contributed by atoms with van der Waals surface area (Å²) in [4.78, 5) is 17.6. The van der Waals surface area contributed by atoms with Gasteiger partial charge in [-0.05, 0) is 29.0 Å². The first-order valence-corrected chi connectivity index (χ1v) is 10.1. The molecule has 0 aliphatic rings. The van der Waals surface area contributed by atoms with Crippen LogP contribution in [0.15, 0.2) is 53.9 Å². The van der Waals surface area contributed by atoms with Crippen LogP contribution in [-0.2, 0) is 6.42 Å². The number of carbonyl (C=O) groups excluding carboxylic acids is 1. The van der Waals surface area contributed by atoms with Gasteiger partial charge in [-0.15, -0.1) is 11.3 Å². The second-order valence-electron chi connectivity index (χ2n) is 7.03. The van der Waals surface area contributed by atoms with Crippen LogP contribution in [-0.4, -0.2) is 15.7 Å². The highest BCUT2D eigenvalue weighted by Crippen LogP contribution is 2.33. The van der Waals surface area contributed by atoms with Crippen molar-refractivity contribution in [3.8, 4) is 22.5 Å². The van der Waals surface area contributed by atoms with Crippen molar-refractivity contribution in [1.29, 1.82) is 0 Å². The molecule has 4 heteroatoms. The van der Waals surface area contributed by atoms with Crippen molar-refractivity contribution in [2.24, 2.45) is 0 Å². The van der Waals surface area contributed by atoms with Crippen molar-refractivity contribution in [3.05, 3.63) is 70.7 Å². The van der Waals surface area contributed by atoms with E-state index in [4.69, 9.17) is 4.98 Å². The summed E-state index contributed by atoms with van der Waals surface area (Å²) in [6, 6.07) is 16.9. The molecule has 27 heavy (non-hydrogen) atoms. The number of hydrogen-bond donors (Lipinski definition) is 0. The minimum absolute atomic E-state index is 0.479. The van der Waals surface area contributed by atoms with Gasteiger partial charge in [-0.25, -0.2) is 4.98 Å². The molecule has 136 valence electrons. The quantitative estimate of drug-likeness (QED) is 0.388. The molecule has 0 saturated carbocycles. The molecule has 0 amide bonds. The third-order valence-electron chi connectivity index (χ3n) is 5.02. The summed E-state index contributed by atoms with van der Waals surface area (Å²) in [5, 5.41) is 2.07. The second kappa shape index (κ2) is 7.12. The molecule has 4 rings (SSSR count). The van der Waals surface area contributed by atoms with Gasteiger partial charge in [0, 0.05) is 10.9 Å². The van der Waals surface area contributed by atoms with E-state index in [1.54, 1.807) is 11.3 Å². The minimum Gasteiger partial charge on any atom is -0.296 e. The van der Waals surface area contributed by atoms with Crippen LogP contribution in [0.25, 0.3) is 27.5 Å². The highest BCUT2D eigenvalue weighted by Gasteiger charge is 2.18. The Hall–Kier alpha value is -2.72. The van der Waals surface area contributed by atoms with E-state index in [1.807, 2.05) is 4.40 Å². The van der Waals surface area contributed by atoms with E-state index >= 15 is 0 Å². The second-order valence-corrected chi connectivity index (χ2v) is 7.87. The maximum absolute atomic E-state index is 12.0. The van der Waals surface area contributed by atoms with E-state index < -0.39 is 0 Å². The first kappa shape index (κ1) is 17.7. The van der Waals surface area contributed by atoms with Gasteiger partial charge in [0.1, 0.15) is 11.4 Å². The number of nitrogens with zero attached hydrogens (tertiary/aromatic N) is 2. The molecule has 2 heterocycles. The Bertz CT molecular complexity index is 1090. The molecule has 0 unspecified atom stereocenters. The van der Waals surface area contributed by atoms with Crippen molar-refractivity contribution < 1.29 is 4.79 Å². The predicted molar refractivity (Wildman–Crippen MR) is 113 cm³/mol. The number of rotatable bonds is 5. The summed E-state index contributed by atoms with van der Waals surface area (Å²) in [5.41, 5.74) is 7.03. The van der Waals surface area contributed by atoms with Gasteiger partial charge in [-0.3, -0.25) is 9.20 Å². The van der Waals surface area contributed by atoms with Crippen LogP contribution in [0.5, 0.6) is 0 Å². The fourth-order valence-electron chi connectivity index (χ4n) is 3.34. The molecule has 0 saturated heterocycles. The van der Waals surface area contributed by atoms with Crippen LogP contribution in [0.4, 0.5) is 0 Å². The number of imidazole rings is 1. The van der Waals surface area contributed by atoms with E-state index in [-0.39, 0.29) is 0 Å². The standard InChI is InChI=1S/C23H22N2OS/c1-4-16-5-7-18(8-6-16)21-14-27-23-24-22(20(13-26)25(21)23)19-11-9-17(10-12-19)15(2)3/h5-15H,4H2,1-3H3. The lowest BCUT2D eigenvalue weighted by Crippen LogP contribution is -1.95. The number of thiazole rings is 1. The molecular weight excluding hydrogens is 352 g/mol. The monoisotopic (exact) mass is 374 g/mol. The topological polar surface area (TPSA) is 34.4 Å². The lowest BCUT2D eigenvalue weighted by atomic mass is 10.0. The van der Waals surface area contributed by atoms with Gasteiger partial charge >= 0.3 is 0 Å². The van der Waals surface area contributed by atoms with Crippen LogP contribution < -0.4 is 0 Å². The number of aromatic nitrogens is 2. The van der Waals surface area contributed by atoms with E-state index in [1.165, 1.54) is 11.1 Å². The normalized spacial score (nSPS) is 11.4. The molecule has 2 aromatic heterocycles. The molecule has 0 spiro atoms. The number of aldehydes is 1. The zero-order valence-electron chi connectivity index (χ0n) is 15.8. The van der Waals surface area contributed by atoms with Gasteiger partial charge in [-0.1, -0.05) is 69.3 Å². The van der Waals surface area contributed by atoms with Crippen LogP contribution >= 0.6 is 11.3 Å². The maximum atomic E-state index is 12.0. The Balaban J connectivity index is 1.84. The van der Waals surface area contributed by atoms with E-state index in [2.05, 4.69) is 74.7 Å². The lowest BCUT2D eigenvalue weighted by molar-refractivity contribution is 0.111. The summed E-state index contributed by atoms with van der Waals surface area (Å²) in [6.07, 6.45) is 1.93. The van der Waals surface area contributed by atoms with Gasteiger partial charge in [0.15, 0.2) is 11.2 Å². The zero-order valence-corrected chi connectivity index (χ0v) is 16.6.